The predicted molar refractivity (Wildman–Crippen MR) is 68.9 cm³/mol. The monoisotopic (exact) mass is 242 g/mol. The van der Waals surface area contributed by atoms with Crippen LogP contribution in [0.25, 0.3) is 0 Å². The van der Waals surface area contributed by atoms with Gasteiger partial charge in [-0.2, -0.15) is 0 Å². The van der Waals surface area contributed by atoms with Gasteiger partial charge in [-0.25, -0.2) is 0 Å². The largest absolute Gasteiger partial charge is 0.384 e. The van der Waals surface area contributed by atoms with Crippen molar-refractivity contribution >= 4 is 5.91 Å². The van der Waals surface area contributed by atoms with Gasteiger partial charge in [0.2, 0.25) is 5.91 Å². The maximum atomic E-state index is 11.4. The van der Waals surface area contributed by atoms with Crippen LogP contribution in [0.15, 0.2) is 0 Å². The lowest BCUT2D eigenvalue weighted by molar-refractivity contribution is -0.124. The van der Waals surface area contributed by atoms with E-state index < -0.39 is 0 Å². The van der Waals surface area contributed by atoms with Gasteiger partial charge in [0.1, 0.15) is 0 Å². The Kier molecular flexibility index (Phi) is 6.52. The summed E-state index contributed by atoms with van der Waals surface area (Å²) >= 11 is 0. The van der Waals surface area contributed by atoms with E-state index in [1.54, 1.807) is 7.11 Å². The fraction of sp³-hybridized carbons (Fsp3) is 0.923. The first-order valence-electron chi connectivity index (χ1n) is 6.62. The highest BCUT2D eigenvalue weighted by atomic mass is 16.5. The predicted octanol–water partition coefficient (Wildman–Crippen LogP) is 1.12. The Bertz CT molecular complexity index is 229. The molecule has 100 valence electrons. The van der Waals surface area contributed by atoms with E-state index in [2.05, 4.69) is 10.2 Å². The molecule has 1 amide bonds. The number of hydrogen-bond donors (Lipinski definition) is 1. The van der Waals surface area contributed by atoms with Crippen LogP contribution < -0.4 is 5.32 Å². The zero-order chi connectivity index (χ0) is 12.7. The number of piperidine rings is 1. The summed E-state index contributed by atoms with van der Waals surface area (Å²) < 4.78 is 5.21. The molecule has 0 radical (unpaired) electrons. The Labute approximate surface area is 105 Å². The quantitative estimate of drug-likeness (QED) is 0.759. The van der Waals surface area contributed by atoms with Crippen molar-refractivity contribution < 1.29 is 9.53 Å². The van der Waals surface area contributed by atoms with Crippen LogP contribution in [0.2, 0.25) is 0 Å². The molecule has 0 aromatic rings. The molecule has 0 saturated carbocycles. The molecule has 0 aromatic carbocycles. The first kappa shape index (κ1) is 14.5. The summed E-state index contributed by atoms with van der Waals surface area (Å²) in [5.41, 5.74) is 0. The second kappa shape index (κ2) is 7.67. The molecular weight excluding hydrogens is 216 g/mol. The number of nitrogens with one attached hydrogen (secondary N) is 1. The molecule has 4 nitrogen and oxygen atoms in total. The number of hydrogen-bond acceptors (Lipinski definition) is 3. The first-order chi connectivity index (χ1) is 8.13. The molecule has 0 spiro atoms. The van der Waals surface area contributed by atoms with Gasteiger partial charge in [0, 0.05) is 32.7 Å². The van der Waals surface area contributed by atoms with Crippen LogP contribution in [0.5, 0.6) is 0 Å². The van der Waals surface area contributed by atoms with Gasteiger partial charge >= 0.3 is 0 Å². The lowest BCUT2D eigenvalue weighted by Crippen LogP contribution is -2.42. The summed E-state index contributed by atoms with van der Waals surface area (Å²) in [4.78, 5) is 13.8. The number of ether oxygens (including phenoxy) is 1. The molecule has 1 heterocycles. The Hall–Kier alpha value is -0.610. The van der Waals surface area contributed by atoms with Gasteiger partial charge in [-0.1, -0.05) is 13.8 Å². The molecule has 1 rings (SSSR count). The smallest absolute Gasteiger partial charge is 0.222 e. The molecule has 1 unspecified atom stereocenters. The maximum absolute atomic E-state index is 11.4. The lowest BCUT2D eigenvalue weighted by Gasteiger charge is -2.32. The van der Waals surface area contributed by atoms with E-state index in [4.69, 9.17) is 4.74 Å². The zero-order valence-electron chi connectivity index (χ0n) is 11.4. The van der Waals surface area contributed by atoms with Crippen LogP contribution >= 0.6 is 0 Å². The van der Waals surface area contributed by atoms with E-state index in [1.807, 2.05) is 13.8 Å². The van der Waals surface area contributed by atoms with Gasteiger partial charge in [0.05, 0.1) is 6.61 Å². The molecule has 1 atom stereocenters. The molecule has 0 aliphatic carbocycles. The number of methoxy groups -OCH3 is 1. The molecule has 17 heavy (non-hydrogen) atoms. The third-order valence-electron chi connectivity index (χ3n) is 3.26. The second-order valence-electron chi connectivity index (χ2n) is 5.21. The van der Waals surface area contributed by atoms with Crippen molar-refractivity contribution in [3.63, 3.8) is 0 Å². The van der Waals surface area contributed by atoms with E-state index >= 15 is 0 Å². The average molecular weight is 242 g/mol. The molecule has 0 bridgehead atoms. The Morgan fingerprint density at radius 1 is 1.53 bits per heavy atom. The van der Waals surface area contributed by atoms with Crippen LogP contribution in [0.4, 0.5) is 0 Å². The normalized spacial score (nSPS) is 21.8. The zero-order valence-corrected chi connectivity index (χ0v) is 11.4. The van der Waals surface area contributed by atoms with Gasteiger partial charge in [-0.15, -0.1) is 0 Å². The third-order valence-corrected chi connectivity index (χ3v) is 3.26. The number of amides is 1. The van der Waals surface area contributed by atoms with Gasteiger partial charge in [-0.3, -0.25) is 4.79 Å². The topological polar surface area (TPSA) is 41.6 Å². The minimum absolute atomic E-state index is 0.0811. The molecule has 4 heteroatoms. The Morgan fingerprint density at radius 3 is 2.94 bits per heavy atom. The SMILES string of the molecule is COCC1CCCN(CCNC(=O)C(C)C)C1. The van der Waals surface area contributed by atoms with Crippen LogP contribution in [-0.4, -0.2) is 50.7 Å². The Morgan fingerprint density at radius 2 is 2.29 bits per heavy atom. The van der Waals surface area contributed by atoms with Crippen LogP contribution in [-0.2, 0) is 9.53 Å². The highest BCUT2D eigenvalue weighted by Crippen LogP contribution is 2.15. The second-order valence-corrected chi connectivity index (χ2v) is 5.21. The standard InChI is InChI=1S/C13H26N2O2/c1-11(2)13(16)14-6-8-15-7-4-5-12(9-15)10-17-3/h11-12H,4-10H2,1-3H3,(H,14,16). The van der Waals surface area contributed by atoms with Crippen LogP contribution in [0, 0.1) is 11.8 Å². The highest BCUT2D eigenvalue weighted by Gasteiger charge is 2.19. The first-order valence-corrected chi connectivity index (χ1v) is 6.62. The van der Waals surface area contributed by atoms with Gasteiger partial charge in [0.15, 0.2) is 0 Å². The van der Waals surface area contributed by atoms with Crippen molar-refractivity contribution in [1.82, 2.24) is 10.2 Å². The maximum Gasteiger partial charge on any atom is 0.222 e. The molecule has 1 N–H and O–H groups in total. The molecule has 1 aliphatic heterocycles. The summed E-state index contributed by atoms with van der Waals surface area (Å²) in [6.07, 6.45) is 2.51. The summed E-state index contributed by atoms with van der Waals surface area (Å²) in [5.74, 6) is 0.891. The molecule has 1 fully saturated rings. The highest BCUT2D eigenvalue weighted by molar-refractivity contribution is 5.77. The van der Waals surface area contributed by atoms with Crippen molar-refractivity contribution in [2.45, 2.75) is 26.7 Å². The average Bonchev–Trinajstić information content (AvgIpc) is 2.29. The van der Waals surface area contributed by atoms with Crippen molar-refractivity contribution in [3.8, 4) is 0 Å². The number of carbonyl (C=O) groups excluding carboxylic acids is 1. The Balaban J connectivity index is 2.16. The molecule has 0 aromatic heterocycles. The summed E-state index contributed by atoms with van der Waals surface area (Å²) in [7, 11) is 1.77. The van der Waals surface area contributed by atoms with Gasteiger partial charge in [-0.05, 0) is 25.3 Å². The van der Waals surface area contributed by atoms with Gasteiger partial charge in [0.25, 0.3) is 0 Å². The van der Waals surface area contributed by atoms with E-state index in [0.717, 1.165) is 32.8 Å². The molecular formula is C13H26N2O2. The number of likely N-dealkylation sites (tertiary alicyclic amines) is 1. The number of nitrogens with zero attached hydrogens (tertiary/aromatic N) is 1. The van der Waals surface area contributed by atoms with E-state index in [-0.39, 0.29) is 11.8 Å². The molecule has 1 aliphatic rings. The number of carbonyl (C=O) groups is 1. The minimum atomic E-state index is 0.0811. The van der Waals surface area contributed by atoms with E-state index in [1.165, 1.54) is 12.8 Å². The minimum Gasteiger partial charge on any atom is -0.384 e. The third kappa shape index (κ3) is 5.50. The van der Waals surface area contributed by atoms with Gasteiger partial charge < -0.3 is 15.0 Å². The van der Waals surface area contributed by atoms with Crippen molar-refractivity contribution in [3.05, 3.63) is 0 Å². The van der Waals surface area contributed by atoms with E-state index in [9.17, 15) is 4.79 Å². The van der Waals surface area contributed by atoms with Crippen molar-refractivity contribution in [2.75, 3.05) is 39.9 Å². The molecule has 1 saturated heterocycles. The van der Waals surface area contributed by atoms with Crippen molar-refractivity contribution in [1.29, 1.82) is 0 Å². The fourth-order valence-corrected chi connectivity index (χ4v) is 2.27. The summed E-state index contributed by atoms with van der Waals surface area (Å²) in [6.45, 7) is 8.67. The summed E-state index contributed by atoms with van der Waals surface area (Å²) in [5, 5.41) is 2.96. The van der Waals surface area contributed by atoms with Crippen LogP contribution in [0.3, 0.4) is 0 Å². The number of rotatable bonds is 6. The van der Waals surface area contributed by atoms with Crippen LogP contribution in [0.1, 0.15) is 26.7 Å². The van der Waals surface area contributed by atoms with E-state index in [0.29, 0.717) is 5.92 Å². The fourth-order valence-electron chi connectivity index (χ4n) is 2.27. The lowest BCUT2D eigenvalue weighted by atomic mass is 9.99. The van der Waals surface area contributed by atoms with Crippen molar-refractivity contribution in [2.24, 2.45) is 11.8 Å². The summed E-state index contributed by atoms with van der Waals surface area (Å²) in [6, 6.07) is 0.